The summed E-state index contributed by atoms with van der Waals surface area (Å²) in [5.41, 5.74) is -5.60. The van der Waals surface area contributed by atoms with E-state index in [-0.39, 0.29) is 0 Å². The van der Waals surface area contributed by atoms with Gasteiger partial charge in [-0.3, -0.25) is 0 Å². The van der Waals surface area contributed by atoms with Crippen molar-refractivity contribution in [3.8, 4) is 33.4 Å². The molecule has 0 N–H and O–H groups in total. The molecular weight excluding hydrogens is 617 g/mol. The lowest BCUT2D eigenvalue weighted by molar-refractivity contribution is 0.669. The molecule has 0 aliphatic rings. The Kier molecular flexibility index (Phi) is 2.56. The third-order valence-corrected chi connectivity index (χ3v) is 8.65. The van der Waals surface area contributed by atoms with Gasteiger partial charge in [0, 0.05) is 10.8 Å². The zero-order chi connectivity index (χ0) is 58.7. The Labute approximate surface area is 335 Å². The van der Waals surface area contributed by atoms with Gasteiger partial charge in [0.2, 0.25) is 0 Å². The maximum absolute atomic E-state index is 9.96. The van der Waals surface area contributed by atoms with Crippen molar-refractivity contribution in [3.05, 3.63) is 181 Å². The van der Waals surface area contributed by atoms with Crippen LogP contribution in [-0.2, 0) is 0 Å². The molecule has 0 saturated carbocycles. The highest BCUT2D eigenvalue weighted by molar-refractivity contribution is 6.27. The minimum absolute atomic E-state index is 0.460. The highest BCUT2D eigenvalue weighted by atomic mass is 16.3. The van der Waals surface area contributed by atoms with Crippen LogP contribution in [0.4, 0.5) is 0 Å². The van der Waals surface area contributed by atoms with E-state index in [1.54, 1.807) is 0 Å². The molecule has 236 valence electrons. The topological polar surface area (TPSA) is 13.1 Å². The van der Waals surface area contributed by atoms with Crippen LogP contribution < -0.4 is 0 Å². The van der Waals surface area contributed by atoms with Gasteiger partial charge in [-0.1, -0.05) is 157 Å². The van der Waals surface area contributed by atoms with Crippen molar-refractivity contribution in [2.24, 2.45) is 0 Å². The van der Waals surface area contributed by atoms with Crippen LogP contribution >= 0.6 is 0 Å². The molecule has 11 aromatic rings. The second-order valence-corrected chi connectivity index (χ2v) is 11.3. The molecule has 0 bridgehead atoms. The summed E-state index contributed by atoms with van der Waals surface area (Å²) in [6.07, 6.45) is 0. The molecule has 0 aliphatic carbocycles. The summed E-state index contributed by atoms with van der Waals surface area (Å²) in [6, 6.07) is -25.8. The van der Waals surface area contributed by atoms with Gasteiger partial charge in [-0.2, -0.15) is 0 Å². The monoisotopic (exact) mass is 675 g/mol. The summed E-state index contributed by atoms with van der Waals surface area (Å²) in [5.74, 6) is 0. The first kappa shape index (κ1) is 12.0. The van der Waals surface area contributed by atoms with Crippen molar-refractivity contribution < 1.29 is 44.2 Å². The van der Waals surface area contributed by atoms with Crippen LogP contribution in [0.3, 0.4) is 0 Å². The first-order valence-electron chi connectivity index (χ1n) is 29.7. The molecule has 51 heavy (non-hydrogen) atoms. The van der Waals surface area contributed by atoms with E-state index in [1.807, 2.05) is 0 Å². The lowest BCUT2D eigenvalue weighted by Gasteiger charge is -2.21. The number of fused-ring (bicyclic) bond motifs is 8. The predicted octanol–water partition coefficient (Wildman–Crippen LogP) is 14.4. The van der Waals surface area contributed by atoms with Crippen molar-refractivity contribution in [3.63, 3.8) is 0 Å². The molecule has 0 fully saturated rings. The number of hydrogen-bond acceptors (Lipinski definition) is 1. The molecule has 0 saturated heterocycles. The summed E-state index contributed by atoms with van der Waals surface area (Å²) in [6.45, 7) is 0. The maximum Gasteiger partial charge on any atom is 0.136 e. The summed E-state index contributed by atoms with van der Waals surface area (Å²) in [7, 11) is 0. The number of hydrogen-bond donors (Lipinski definition) is 0. The Bertz CT molecular complexity index is 4790. The van der Waals surface area contributed by atoms with E-state index in [2.05, 4.69) is 0 Å². The van der Waals surface area contributed by atoms with E-state index < -0.39 is 284 Å². The Morgan fingerprint density at radius 2 is 0.882 bits per heavy atom. The maximum atomic E-state index is 9.96. The summed E-state index contributed by atoms with van der Waals surface area (Å²) >= 11 is 0. The van der Waals surface area contributed by atoms with Crippen LogP contribution in [0.25, 0.3) is 109 Å². The molecule has 0 radical (unpaired) electrons. The predicted molar refractivity (Wildman–Crippen MR) is 218 cm³/mol. The van der Waals surface area contributed by atoms with Gasteiger partial charge in [-0.05, 0) is 111 Å². The van der Waals surface area contributed by atoms with Crippen molar-refractivity contribution in [2.75, 3.05) is 0 Å². The second kappa shape index (κ2) is 10.9. The van der Waals surface area contributed by atoms with Gasteiger partial charge in [0.25, 0.3) is 0 Å². The first-order valence-corrected chi connectivity index (χ1v) is 15.2. The number of rotatable bonds is 3. The van der Waals surface area contributed by atoms with Crippen molar-refractivity contribution in [1.29, 1.82) is 0 Å². The summed E-state index contributed by atoms with van der Waals surface area (Å²) in [5, 5.41) is -7.88. The first-order chi connectivity index (χ1) is 37.4. The molecule has 11 rings (SSSR count). The van der Waals surface area contributed by atoms with Crippen molar-refractivity contribution in [1.82, 2.24) is 0 Å². The molecule has 0 unspecified atom stereocenters. The van der Waals surface area contributed by atoms with E-state index >= 15 is 0 Å². The zero-order valence-electron chi connectivity index (χ0n) is 54.5. The molecule has 1 nitrogen and oxygen atoms in total. The molecule has 0 aliphatic heterocycles. The lowest BCUT2D eigenvalue weighted by atomic mass is 9.81. The Morgan fingerprint density at radius 3 is 1.59 bits per heavy atom. The zero-order valence-corrected chi connectivity index (χ0v) is 25.5. The molecule has 0 amide bonds. The van der Waals surface area contributed by atoms with Crippen molar-refractivity contribution >= 4 is 75.8 Å². The van der Waals surface area contributed by atoms with Crippen LogP contribution in [0.2, 0.25) is 0 Å². The number of benzene rings is 10. The van der Waals surface area contributed by atoms with E-state index in [0.717, 1.165) is 6.07 Å². The highest BCUT2D eigenvalue weighted by Gasteiger charge is 2.23. The molecule has 1 aromatic heterocycles. The SMILES string of the molecule is [2H]c1cc(-c2c([2H])c([2H])c3c([2H])c([2H])c([2H])c([2H])c3c2-c2c3c([2H])c([2H])c([2H])c([2H])c3c(-c3c([2H])c([2H])c4c([2H])c([2H])c([2H])c([2H])c4c3[2H])c3c([2H])c([2H])c([2H])c([2H])c23)c2c(oc3c([2H])c4c([2H])c([2H])c([2H])c([2H])c4c([2H])c32)c1[2H]. The highest BCUT2D eigenvalue weighted by Crippen LogP contribution is 2.50. The van der Waals surface area contributed by atoms with E-state index in [0.29, 0.717) is 0 Å². The lowest BCUT2D eigenvalue weighted by Crippen LogP contribution is -1.94. The average Bonchev–Trinajstić information content (AvgIpc) is 3.91. The van der Waals surface area contributed by atoms with Gasteiger partial charge in [-0.15, -0.1) is 0 Å². The Morgan fingerprint density at radius 1 is 0.333 bits per heavy atom. The summed E-state index contributed by atoms with van der Waals surface area (Å²) < 4.78 is 271. The molecule has 0 atom stereocenters. The molecular formula is C50H30O. The average molecular weight is 676 g/mol. The second-order valence-electron chi connectivity index (χ2n) is 11.3. The van der Waals surface area contributed by atoms with Crippen LogP contribution in [0.5, 0.6) is 0 Å². The smallest absolute Gasteiger partial charge is 0.136 e. The van der Waals surface area contributed by atoms with Crippen LogP contribution in [-0.4, -0.2) is 0 Å². The van der Waals surface area contributed by atoms with Crippen LogP contribution in [0, 0.1) is 0 Å². The fourth-order valence-electron chi connectivity index (χ4n) is 6.55. The molecule has 0 spiro atoms. The Balaban J connectivity index is 1.52. The van der Waals surface area contributed by atoms with E-state index in [1.165, 1.54) is 0 Å². The summed E-state index contributed by atoms with van der Waals surface area (Å²) in [4.78, 5) is 0. The van der Waals surface area contributed by atoms with Gasteiger partial charge >= 0.3 is 0 Å². The quantitative estimate of drug-likeness (QED) is 0.170. The molecule has 1 heteroatoms. The number of furan rings is 1. The fraction of sp³-hybridized carbons (Fsp3) is 0. The largest absolute Gasteiger partial charge is 0.456 e. The third-order valence-electron chi connectivity index (χ3n) is 8.65. The van der Waals surface area contributed by atoms with Gasteiger partial charge < -0.3 is 4.42 Å². The van der Waals surface area contributed by atoms with E-state index in [9.17, 15) is 17.8 Å². The Hall–Kier alpha value is -6.70. The van der Waals surface area contributed by atoms with E-state index in [4.69, 9.17) is 26.3 Å². The van der Waals surface area contributed by atoms with Crippen LogP contribution in [0.15, 0.2) is 186 Å². The minimum Gasteiger partial charge on any atom is -0.456 e. The molecule has 10 aromatic carbocycles. The van der Waals surface area contributed by atoms with Gasteiger partial charge in [-0.25, -0.2) is 0 Å². The van der Waals surface area contributed by atoms with Gasteiger partial charge in [0.05, 0.1) is 39.8 Å². The fourth-order valence-corrected chi connectivity index (χ4v) is 6.55. The van der Waals surface area contributed by atoms with Gasteiger partial charge in [0.15, 0.2) is 0 Å². The van der Waals surface area contributed by atoms with Crippen LogP contribution in [0.1, 0.15) is 39.8 Å². The standard InChI is InChI=1S/C50H30O/c1-2-14-33-28-36(25-24-31(33)12-1)47-38-18-7-9-20-41(38)50(42-21-10-8-19-39(42)47)49-37-17-6-5-13-32(37)26-27-43(49)40-22-11-23-45-48(40)44-29-34-15-3-4-16-35(34)30-46(44)51-45/h1-30H/i1D,2D,3D,4D,5D,6D,7D,8D,9D,10D,11D,12D,13D,14D,15D,16D,17D,18D,19D,20D,21D,23D,24D,25D,26D,27D,28D,29D,30D. The normalized spacial score (nSPS) is 19.9. The third kappa shape index (κ3) is 4.22. The van der Waals surface area contributed by atoms with Crippen molar-refractivity contribution in [2.45, 2.75) is 0 Å². The minimum atomic E-state index is -1.06. The molecule has 1 heterocycles. The van der Waals surface area contributed by atoms with Gasteiger partial charge in [0.1, 0.15) is 11.2 Å².